The second kappa shape index (κ2) is 6.24. The van der Waals surface area contributed by atoms with E-state index in [2.05, 4.69) is 10.6 Å². The first-order valence-electron chi connectivity index (χ1n) is 4.07. The molecule has 6 N–H and O–H groups in total. The van der Waals surface area contributed by atoms with Crippen molar-refractivity contribution in [3.8, 4) is 0 Å². The molecule has 0 aromatic rings. The van der Waals surface area contributed by atoms with Crippen LogP contribution in [0.15, 0.2) is 0 Å². The standard InChI is InChI=1S/C7H16N4O2/c1-5(6(8)12)4-10-2-3-11-7(9)13/h5,10H,2-4H2,1H3,(H2,8,12)(H3,9,11,13). The summed E-state index contributed by atoms with van der Waals surface area (Å²) in [4.78, 5) is 20.8. The fourth-order valence-electron chi connectivity index (χ4n) is 0.693. The molecule has 6 heteroatoms. The number of primary amides is 2. The van der Waals surface area contributed by atoms with Gasteiger partial charge in [0.25, 0.3) is 0 Å². The molecule has 1 atom stereocenters. The van der Waals surface area contributed by atoms with Crippen LogP contribution in [-0.4, -0.2) is 31.6 Å². The number of hydrogen-bond acceptors (Lipinski definition) is 3. The summed E-state index contributed by atoms with van der Waals surface area (Å²) in [5, 5.41) is 5.36. The molecule has 0 aliphatic heterocycles. The third-order valence-electron chi connectivity index (χ3n) is 1.54. The van der Waals surface area contributed by atoms with E-state index in [4.69, 9.17) is 11.5 Å². The smallest absolute Gasteiger partial charge is 0.312 e. The number of nitrogens with two attached hydrogens (primary N) is 2. The van der Waals surface area contributed by atoms with Gasteiger partial charge in [-0.05, 0) is 0 Å². The van der Waals surface area contributed by atoms with Gasteiger partial charge in [0, 0.05) is 25.6 Å². The first-order chi connectivity index (χ1) is 6.04. The van der Waals surface area contributed by atoms with Crippen LogP contribution >= 0.6 is 0 Å². The molecule has 76 valence electrons. The van der Waals surface area contributed by atoms with Crippen molar-refractivity contribution < 1.29 is 9.59 Å². The van der Waals surface area contributed by atoms with Crippen molar-refractivity contribution in [2.24, 2.45) is 17.4 Å². The number of carbonyl (C=O) groups excluding carboxylic acids is 2. The fourth-order valence-corrected chi connectivity index (χ4v) is 0.693. The SMILES string of the molecule is CC(CNCCNC(N)=O)C(N)=O. The van der Waals surface area contributed by atoms with Crippen LogP contribution in [0.5, 0.6) is 0 Å². The predicted molar refractivity (Wildman–Crippen MR) is 48.8 cm³/mol. The zero-order chi connectivity index (χ0) is 10.3. The number of rotatable bonds is 6. The molecule has 0 radical (unpaired) electrons. The Labute approximate surface area is 77.0 Å². The van der Waals surface area contributed by atoms with Gasteiger partial charge in [-0.15, -0.1) is 0 Å². The van der Waals surface area contributed by atoms with Crippen LogP contribution in [0.1, 0.15) is 6.92 Å². The molecule has 0 heterocycles. The molecular weight excluding hydrogens is 172 g/mol. The number of urea groups is 1. The minimum absolute atomic E-state index is 0.200. The molecule has 0 aliphatic rings. The minimum Gasteiger partial charge on any atom is -0.369 e. The fraction of sp³-hybridized carbons (Fsp3) is 0.714. The van der Waals surface area contributed by atoms with Crippen LogP contribution < -0.4 is 22.1 Å². The third kappa shape index (κ3) is 7.07. The summed E-state index contributed by atoms with van der Waals surface area (Å²) >= 11 is 0. The maximum Gasteiger partial charge on any atom is 0.312 e. The Morgan fingerprint density at radius 3 is 2.38 bits per heavy atom. The summed E-state index contributed by atoms with van der Waals surface area (Å²) in [7, 11) is 0. The molecule has 0 saturated carbocycles. The Morgan fingerprint density at radius 1 is 1.31 bits per heavy atom. The van der Waals surface area contributed by atoms with Gasteiger partial charge in [-0.2, -0.15) is 0 Å². The molecule has 1 unspecified atom stereocenters. The Morgan fingerprint density at radius 2 is 1.92 bits per heavy atom. The molecule has 0 fully saturated rings. The topological polar surface area (TPSA) is 110 Å². The molecule has 0 spiro atoms. The van der Waals surface area contributed by atoms with Gasteiger partial charge in [0.2, 0.25) is 5.91 Å². The summed E-state index contributed by atoms with van der Waals surface area (Å²) in [5.41, 5.74) is 9.86. The van der Waals surface area contributed by atoms with Gasteiger partial charge < -0.3 is 22.1 Å². The Hall–Kier alpha value is -1.30. The van der Waals surface area contributed by atoms with Gasteiger partial charge in [-0.3, -0.25) is 4.79 Å². The van der Waals surface area contributed by atoms with E-state index in [0.29, 0.717) is 19.6 Å². The summed E-state index contributed by atoms with van der Waals surface area (Å²) in [5.74, 6) is -0.538. The highest BCUT2D eigenvalue weighted by Gasteiger charge is 2.06. The van der Waals surface area contributed by atoms with Crippen LogP contribution in [0.4, 0.5) is 4.79 Å². The largest absolute Gasteiger partial charge is 0.369 e. The van der Waals surface area contributed by atoms with Crippen LogP contribution in [0.2, 0.25) is 0 Å². The van der Waals surface area contributed by atoms with E-state index >= 15 is 0 Å². The lowest BCUT2D eigenvalue weighted by molar-refractivity contribution is -0.121. The van der Waals surface area contributed by atoms with Crippen molar-refractivity contribution in [3.05, 3.63) is 0 Å². The number of carbonyl (C=O) groups is 2. The molecule has 0 aromatic heterocycles. The molecule has 0 rings (SSSR count). The van der Waals surface area contributed by atoms with Gasteiger partial charge in [0.05, 0.1) is 0 Å². The van der Waals surface area contributed by atoms with Crippen molar-refractivity contribution in [3.63, 3.8) is 0 Å². The maximum atomic E-state index is 10.6. The predicted octanol–water partition coefficient (Wildman–Crippen LogP) is -1.63. The van der Waals surface area contributed by atoms with Crippen LogP contribution in [0, 0.1) is 5.92 Å². The van der Waals surface area contributed by atoms with Crippen LogP contribution in [0.3, 0.4) is 0 Å². The van der Waals surface area contributed by atoms with E-state index < -0.39 is 6.03 Å². The van der Waals surface area contributed by atoms with Crippen molar-refractivity contribution >= 4 is 11.9 Å². The summed E-state index contributed by atoms with van der Waals surface area (Å²) in [6.45, 7) is 3.26. The van der Waals surface area contributed by atoms with Crippen molar-refractivity contribution in [2.45, 2.75) is 6.92 Å². The van der Waals surface area contributed by atoms with E-state index in [0.717, 1.165) is 0 Å². The molecule has 13 heavy (non-hydrogen) atoms. The average molecular weight is 188 g/mol. The highest BCUT2D eigenvalue weighted by molar-refractivity contribution is 5.76. The first-order valence-corrected chi connectivity index (χ1v) is 4.07. The lowest BCUT2D eigenvalue weighted by Gasteiger charge is -2.08. The van der Waals surface area contributed by atoms with E-state index in [1.54, 1.807) is 6.92 Å². The molecule has 6 nitrogen and oxygen atoms in total. The minimum atomic E-state index is -0.551. The molecule has 0 saturated heterocycles. The second-order valence-corrected chi connectivity index (χ2v) is 2.80. The highest BCUT2D eigenvalue weighted by atomic mass is 16.2. The molecule has 3 amide bonds. The molecular formula is C7H16N4O2. The summed E-state index contributed by atoms with van der Waals surface area (Å²) < 4.78 is 0. The van der Waals surface area contributed by atoms with Gasteiger partial charge in [0.15, 0.2) is 0 Å². The van der Waals surface area contributed by atoms with E-state index in [-0.39, 0.29) is 11.8 Å². The summed E-state index contributed by atoms with van der Waals surface area (Å²) in [6, 6.07) is -0.551. The Kier molecular flexibility index (Phi) is 5.62. The molecule has 0 aromatic carbocycles. The van der Waals surface area contributed by atoms with E-state index in [1.165, 1.54) is 0 Å². The third-order valence-corrected chi connectivity index (χ3v) is 1.54. The van der Waals surface area contributed by atoms with Gasteiger partial charge >= 0.3 is 6.03 Å². The van der Waals surface area contributed by atoms with Gasteiger partial charge in [0.1, 0.15) is 0 Å². The second-order valence-electron chi connectivity index (χ2n) is 2.80. The van der Waals surface area contributed by atoms with E-state index in [9.17, 15) is 9.59 Å². The maximum absolute atomic E-state index is 10.6. The van der Waals surface area contributed by atoms with Crippen molar-refractivity contribution in [2.75, 3.05) is 19.6 Å². The number of nitrogens with one attached hydrogen (secondary N) is 2. The Bertz CT molecular complexity index is 183. The molecule has 0 aliphatic carbocycles. The zero-order valence-corrected chi connectivity index (χ0v) is 7.67. The monoisotopic (exact) mass is 188 g/mol. The lowest BCUT2D eigenvalue weighted by Crippen LogP contribution is -2.38. The van der Waals surface area contributed by atoms with Crippen molar-refractivity contribution in [1.82, 2.24) is 10.6 Å². The number of hydrogen-bond donors (Lipinski definition) is 4. The van der Waals surface area contributed by atoms with Crippen molar-refractivity contribution in [1.29, 1.82) is 0 Å². The van der Waals surface area contributed by atoms with Crippen LogP contribution in [-0.2, 0) is 4.79 Å². The zero-order valence-electron chi connectivity index (χ0n) is 7.67. The van der Waals surface area contributed by atoms with Gasteiger partial charge in [-0.25, -0.2) is 4.79 Å². The Balaban J connectivity index is 3.26. The number of amides is 3. The average Bonchev–Trinajstić information content (AvgIpc) is 2.02. The normalized spacial score (nSPS) is 12.1. The highest BCUT2D eigenvalue weighted by Crippen LogP contribution is 1.87. The lowest BCUT2D eigenvalue weighted by atomic mass is 10.2. The van der Waals surface area contributed by atoms with E-state index in [1.807, 2.05) is 0 Å². The van der Waals surface area contributed by atoms with Gasteiger partial charge in [-0.1, -0.05) is 6.92 Å². The quantitative estimate of drug-likeness (QED) is 0.375. The summed E-state index contributed by atoms with van der Waals surface area (Å²) in [6.07, 6.45) is 0. The first kappa shape index (κ1) is 11.7. The van der Waals surface area contributed by atoms with Crippen LogP contribution in [0.25, 0.3) is 0 Å². The molecule has 0 bridgehead atoms.